The topological polar surface area (TPSA) is 155 Å². The third-order valence-electron chi connectivity index (χ3n) is 13.2. The van der Waals surface area contributed by atoms with E-state index in [1.54, 1.807) is 6.07 Å². The van der Waals surface area contributed by atoms with E-state index in [0.29, 0.717) is 32.2 Å². The van der Waals surface area contributed by atoms with Crippen molar-refractivity contribution in [2.75, 3.05) is 0 Å². The Kier molecular flexibility index (Phi) is 10.2. The Labute approximate surface area is 389 Å². The predicted molar refractivity (Wildman–Crippen MR) is 265 cm³/mol. The molecule has 0 saturated carbocycles. The first-order chi connectivity index (χ1) is 31.7. The van der Waals surface area contributed by atoms with Crippen LogP contribution in [0.5, 0.6) is 11.5 Å². The summed E-state index contributed by atoms with van der Waals surface area (Å²) in [7, 11) is -1.46. The summed E-state index contributed by atoms with van der Waals surface area (Å²) in [5.74, 6) is 0.317. The summed E-state index contributed by atoms with van der Waals surface area (Å²) in [6.07, 6.45) is 0. The number of phenols is 2. The van der Waals surface area contributed by atoms with Crippen molar-refractivity contribution in [3.05, 3.63) is 183 Å². The molecule has 2 aliphatic rings. The minimum absolute atomic E-state index is 0.156. The Hall–Kier alpha value is -7.60. The van der Waals surface area contributed by atoms with E-state index < -0.39 is 7.12 Å². The highest BCUT2D eigenvalue weighted by Crippen LogP contribution is 2.51. The molecule has 10 heteroatoms. The Bertz CT molecular complexity index is 3720. The van der Waals surface area contributed by atoms with E-state index in [1.807, 2.05) is 127 Å². The van der Waals surface area contributed by atoms with Crippen LogP contribution in [0, 0.1) is 22.7 Å². The zero-order valence-corrected chi connectivity index (χ0v) is 37.9. The van der Waals surface area contributed by atoms with Crippen LogP contribution in [-0.2, 0) is 10.8 Å². The van der Waals surface area contributed by atoms with Crippen LogP contribution < -0.4 is 5.46 Å². The second kappa shape index (κ2) is 15.8. The molecule has 2 aromatic heterocycles. The number of nitrogens with zero attached hydrogens (tertiary/aromatic N) is 2. The van der Waals surface area contributed by atoms with Crippen LogP contribution >= 0.6 is 15.9 Å². The van der Waals surface area contributed by atoms with Gasteiger partial charge in [-0.1, -0.05) is 107 Å². The number of halogens is 1. The third-order valence-corrected chi connectivity index (χ3v) is 13.9. The average molecular weight is 928 g/mol. The molecule has 8 aromatic carbocycles. The molecule has 0 radical (unpaired) electrons. The quantitative estimate of drug-likeness (QED) is 0.125. The van der Waals surface area contributed by atoms with Crippen LogP contribution in [-0.4, -0.2) is 27.4 Å². The van der Waals surface area contributed by atoms with E-state index in [2.05, 4.69) is 67.9 Å². The summed E-state index contributed by atoms with van der Waals surface area (Å²) in [5, 5.41) is 61.8. The maximum atomic E-state index is 11.1. The molecule has 0 spiro atoms. The fraction of sp³-hybridized carbons (Fsp3) is 0.107. The lowest BCUT2D eigenvalue weighted by Gasteiger charge is -2.22. The third kappa shape index (κ3) is 6.73. The molecule has 0 amide bonds. The standard InChI is InChI=1S/C28H19NO2.C16H14BNO2.C12H7BrO2/c1-28(2)23-13-16(15-29)7-9-19(23)20-10-8-17(14-24(20)28)18-11-12-22-21-5-3-4-6-25(21)31-27(22)26(18)30;1-16(2)14-7-10(9-18)3-5-12(14)13-6-4-11(17(19)20)8-15(13)16;13-9-6-5-8-7-3-1-2-4-10(7)15-12(8)11(9)14/h3-14,30H,1-2H3;3-8,19-20H,1-2H3;1-6,14H. The second-order valence-electron chi connectivity index (χ2n) is 17.7. The van der Waals surface area contributed by atoms with Crippen molar-refractivity contribution < 1.29 is 29.1 Å². The van der Waals surface area contributed by atoms with Gasteiger partial charge in [-0.25, -0.2) is 0 Å². The number of hydrogen-bond acceptors (Lipinski definition) is 8. The van der Waals surface area contributed by atoms with Crippen LogP contribution in [0.15, 0.2) is 159 Å². The number of aromatic hydroxyl groups is 2. The number of para-hydroxylation sites is 2. The van der Waals surface area contributed by atoms with Crippen molar-refractivity contribution in [2.45, 2.75) is 38.5 Å². The first-order valence-electron chi connectivity index (χ1n) is 21.4. The Balaban J connectivity index is 0.000000125. The van der Waals surface area contributed by atoms with Gasteiger partial charge in [-0.2, -0.15) is 10.5 Å². The first-order valence-corrected chi connectivity index (χ1v) is 22.2. The van der Waals surface area contributed by atoms with E-state index in [-0.39, 0.29) is 22.3 Å². The lowest BCUT2D eigenvalue weighted by Crippen LogP contribution is -2.31. The molecule has 66 heavy (non-hydrogen) atoms. The maximum absolute atomic E-state index is 11.1. The Morgan fingerprint density at radius 2 is 0.924 bits per heavy atom. The van der Waals surface area contributed by atoms with Gasteiger partial charge in [0.1, 0.15) is 11.2 Å². The van der Waals surface area contributed by atoms with Crippen molar-refractivity contribution in [1.29, 1.82) is 10.5 Å². The number of hydrogen-bond donors (Lipinski definition) is 4. The molecule has 2 heterocycles. The van der Waals surface area contributed by atoms with Crippen molar-refractivity contribution >= 4 is 72.4 Å². The zero-order valence-electron chi connectivity index (χ0n) is 36.3. The van der Waals surface area contributed by atoms with Crippen LogP contribution in [0.3, 0.4) is 0 Å². The molecular formula is C56H40BBrN2O6. The smallest absolute Gasteiger partial charge is 0.488 e. The van der Waals surface area contributed by atoms with Crippen molar-refractivity contribution in [1.82, 2.24) is 0 Å². The van der Waals surface area contributed by atoms with Crippen LogP contribution in [0.1, 0.15) is 61.1 Å². The number of rotatable bonds is 2. The summed E-state index contributed by atoms with van der Waals surface area (Å²) < 4.78 is 12.2. The van der Waals surface area contributed by atoms with Gasteiger partial charge in [0.2, 0.25) is 0 Å². The van der Waals surface area contributed by atoms with Gasteiger partial charge in [0.15, 0.2) is 22.7 Å². The van der Waals surface area contributed by atoms with Gasteiger partial charge in [0.05, 0.1) is 27.7 Å². The van der Waals surface area contributed by atoms with E-state index in [9.17, 15) is 25.5 Å². The van der Waals surface area contributed by atoms with E-state index in [1.165, 1.54) is 16.7 Å². The van der Waals surface area contributed by atoms with E-state index >= 15 is 0 Å². The number of furan rings is 2. The van der Waals surface area contributed by atoms with E-state index in [4.69, 9.17) is 14.1 Å². The predicted octanol–water partition coefficient (Wildman–Crippen LogP) is 12.7. The van der Waals surface area contributed by atoms with Gasteiger partial charge in [-0.15, -0.1) is 0 Å². The van der Waals surface area contributed by atoms with E-state index in [0.717, 1.165) is 71.7 Å². The molecule has 0 aliphatic heterocycles. The normalized spacial score (nSPS) is 13.4. The molecule has 10 aromatic rings. The summed E-state index contributed by atoms with van der Waals surface area (Å²) in [5.41, 5.74) is 14.7. The minimum atomic E-state index is -1.46. The SMILES string of the molecule is CC1(C)c2cc(C#N)ccc2-c2ccc(-c3ccc4c(oc5ccccc54)c3O)cc21.CC1(C)c2cc(C#N)ccc2-c2ccc(B(O)O)cc21.Oc1c(Br)ccc2c1oc1ccccc12. The number of benzene rings is 8. The summed E-state index contributed by atoms with van der Waals surface area (Å²) >= 11 is 3.26. The molecule has 12 rings (SSSR count). The van der Waals surface area contributed by atoms with Crippen LogP contribution in [0.2, 0.25) is 0 Å². The fourth-order valence-corrected chi connectivity index (χ4v) is 10.0. The summed E-state index contributed by atoms with van der Waals surface area (Å²) in [6, 6.07) is 51.1. The Morgan fingerprint density at radius 3 is 1.45 bits per heavy atom. The molecule has 4 N–H and O–H groups in total. The second-order valence-corrected chi connectivity index (χ2v) is 18.6. The van der Waals surface area contributed by atoms with Crippen LogP contribution in [0.25, 0.3) is 77.3 Å². The van der Waals surface area contributed by atoms with Crippen molar-refractivity contribution in [3.8, 4) is 57.0 Å². The van der Waals surface area contributed by atoms with Gasteiger partial charge in [0, 0.05) is 37.9 Å². The lowest BCUT2D eigenvalue weighted by atomic mass is 9.75. The molecular weight excluding hydrogens is 887 g/mol. The maximum Gasteiger partial charge on any atom is 0.488 e. The molecule has 320 valence electrons. The highest BCUT2D eigenvalue weighted by atomic mass is 79.9. The molecule has 0 bridgehead atoms. The number of nitriles is 2. The molecule has 0 unspecified atom stereocenters. The average Bonchev–Trinajstić information content (AvgIpc) is 4.03. The summed E-state index contributed by atoms with van der Waals surface area (Å²) in [4.78, 5) is 0. The zero-order chi connectivity index (χ0) is 46.2. The van der Waals surface area contributed by atoms with Gasteiger partial charge >= 0.3 is 7.12 Å². The minimum Gasteiger partial charge on any atom is -0.504 e. The molecule has 0 fully saturated rings. The monoisotopic (exact) mass is 926 g/mol. The van der Waals surface area contributed by atoms with Gasteiger partial charge < -0.3 is 29.1 Å². The first kappa shape index (κ1) is 42.4. The van der Waals surface area contributed by atoms with Crippen molar-refractivity contribution in [3.63, 3.8) is 0 Å². The van der Waals surface area contributed by atoms with Crippen LogP contribution in [0.4, 0.5) is 0 Å². The molecule has 2 aliphatic carbocycles. The molecule has 0 atom stereocenters. The van der Waals surface area contributed by atoms with Gasteiger partial charge in [0.25, 0.3) is 0 Å². The summed E-state index contributed by atoms with van der Waals surface area (Å²) in [6.45, 7) is 8.55. The molecule has 0 saturated heterocycles. The largest absolute Gasteiger partial charge is 0.504 e. The van der Waals surface area contributed by atoms with Gasteiger partial charge in [-0.3, -0.25) is 0 Å². The highest BCUT2D eigenvalue weighted by Gasteiger charge is 2.37. The number of fused-ring (bicyclic) bond motifs is 12. The lowest BCUT2D eigenvalue weighted by molar-refractivity contribution is 0.425. The van der Waals surface area contributed by atoms with Gasteiger partial charge in [-0.05, 0) is 138 Å². The molecule has 8 nitrogen and oxygen atoms in total. The fourth-order valence-electron chi connectivity index (χ4n) is 9.72. The Morgan fingerprint density at radius 1 is 0.485 bits per heavy atom. The highest BCUT2D eigenvalue weighted by molar-refractivity contribution is 9.10. The van der Waals surface area contributed by atoms with Crippen molar-refractivity contribution in [2.24, 2.45) is 0 Å². The number of phenolic OH excluding ortho intramolecular Hbond substituents is 2.